The Kier molecular flexibility index (Phi) is 3.40. The lowest BCUT2D eigenvalue weighted by Gasteiger charge is -1.99. The van der Waals surface area contributed by atoms with Gasteiger partial charge in [0.15, 0.2) is 5.82 Å². The third-order valence-corrected chi connectivity index (χ3v) is 2.63. The lowest BCUT2D eigenvalue weighted by atomic mass is 10.2. The molecule has 2 rings (SSSR count). The number of halogens is 2. The summed E-state index contributed by atoms with van der Waals surface area (Å²) >= 11 is 5.79. The molecule has 1 heterocycles. The maximum atomic E-state index is 13.5. The largest absolute Gasteiger partial charge is 0.334 e. The predicted octanol–water partition coefficient (Wildman–Crippen LogP) is 2.59. The van der Waals surface area contributed by atoms with Gasteiger partial charge in [0.1, 0.15) is 5.82 Å². The Morgan fingerprint density at radius 2 is 2.29 bits per heavy atom. The predicted molar refractivity (Wildman–Crippen MR) is 62.2 cm³/mol. The number of aromatic nitrogens is 2. The smallest absolute Gasteiger partial charge is 0.260 e. The molecule has 17 heavy (non-hydrogen) atoms. The zero-order chi connectivity index (χ0) is 12.4. The second-order valence-corrected chi connectivity index (χ2v) is 4.16. The van der Waals surface area contributed by atoms with Crippen LogP contribution in [-0.4, -0.2) is 16.7 Å². The fourth-order valence-corrected chi connectivity index (χ4v) is 1.48. The van der Waals surface area contributed by atoms with Gasteiger partial charge in [-0.05, 0) is 18.2 Å². The van der Waals surface area contributed by atoms with Gasteiger partial charge in [0.25, 0.3) is 5.89 Å². The zero-order valence-corrected chi connectivity index (χ0v) is 9.91. The first-order chi connectivity index (χ1) is 8.11. The van der Waals surface area contributed by atoms with Crippen LogP contribution in [0.1, 0.15) is 18.7 Å². The minimum absolute atomic E-state index is 0.0326. The summed E-state index contributed by atoms with van der Waals surface area (Å²) in [6.07, 6.45) is 0. The van der Waals surface area contributed by atoms with E-state index in [1.807, 2.05) is 6.92 Å². The molecule has 1 atom stereocenters. The molecule has 0 bridgehead atoms. The molecule has 2 N–H and O–H groups in total. The van der Waals surface area contributed by atoms with E-state index in [1.54, 1.807) is 0 Å². The number of hydrogen-bond acceptors (Lipinski definition) is 4. The highest BCUT2D eigenvalue weighted by Gasteiger charge is 2.16. The summed E-state index contributed by atoms with van der Waals surface area (Å²) in [6.45, 7) is 2.26. The quantitative estimate of drug-likeness (QED) is 0.916. The minimum Gasteiger partial charge on any atom is -0.334 e. The highest BCUT2D eigenvalue weighted by atomic mass is 35.5. The van der Waals surface area contributed by atoms with Gasteiger partial charge >= 0.3 is 0 Å². The van der Waals surface area contributed by atoms with Crippen molar-refractivity contribution >= 4 is 11.6 Å². The first-order valence-electron chi connectivity index (χ1n) is 5.11. The first-order valence-corrected chi connectivity index (χ1v) is 5.48. The standard InChI is InChI=1S/C11H11ClFN3O/c1-6(5-14)10-15-11(17-16-10)8-4-7(12)2-3-9(8)13/h2-4,6H,5,14H2,1H3. The SMILES string of the molecule is CC(CN)c1noc(-c2cc(Cl)ccc2F)n1. The van der Waals surface area contributed by atoms with E-state index in [1.165, 1.54) is 18.2 Å². The van der Waals surface area contributed by atoms with Gasteiger partial charge in [-0.2, -0.15) is 4.98 Å². The normalized spacial score (nSPS) is 12.7. The molecule has 0 radical (unpaired) electrons. The summed E-state index contributed by atoms with van der Waals surface area (Å²) in [5.41, 5.74) is 5.68. The second kappa shape index (κ2) is 4.81. The number of nitrogens with two attached hydrogens (primary N) is 1. The van der Waals surface area contributed by atoms with Crippen LogP contribution in [-0.2, 0) is 0 Å². The van der Waals surface area contributed by atoms with Crippen molar-refractivity contribution in [2.45, 2.75) is 12.8 Å². The summed E-state index contributed by atoms with van der Waals surface area (Å²) < 4.78 is 18.5. The molecule has 0 spiro atoms. The molecular formula is C11H11ClFN3O. The molecule has 0 fully saturated rings. The molecule has 1 aromatic heterocycles. The first kappa shape index (κ1) is 12.0. The van der Waals surface area contributed by atoms with Gasteiger partial charge in [0, 0.05) is 17.5 Å². The molecule has 0 amide bonds. The van der Waals surface area contributed by atoms with Crippen LogP contribution < -0.4 is 5.73 Å². The fraction of sp³-hybridized carbons (Fsp3) is 0.273. The van der Waals surface area contributed by atoms with Gasteiger partial charge in [-0.3, -0.25) is 0 Å². The van der Waals surface area contributed by atoms with E-state index in [-0.39, 0.29) is 17.4 Å². The van der Waals surface area contributed by atoms with Crippen molar-refractivity contribution in [2.75, 3.05) is 6.54 Å². The van der Waals surface area contributed by atoms with Crippen LogP contribution in [0.25, 0.3) is 11.5 Å². The number of rotatable bonds is 3. The van der Waals surface area contributed by atoms with Gasteiger partial charge in [-0.1, -0.05) is 23.7 Å². The van der Waals surface area contributed by atoms with Gasteiger partial charge < -0.3 is 10.3 Å². The Morgan fingerprint density at radius 3 is 3.00 bits per heavy atom. The summed E-state index contributed by atoms with van der Waals surface area (Å²) in [6, 6.07) is 4.16. The van der Waals surface area contributed by atoms with Crippen molar-refractivity contribution in [1.82, 2.24) is 10.1 Å². The molecule has 1 aromatic carbocycles. The lowest BCUT2D eigenvalue weighted by Crippen LogP contribution is -2.10. The lowest BCUT2D eigenvalue weighted by molar-refractivity contribution is 0.416. The van der Waals surface area contributed by atoms with Crippen molar-refractivity contribution in [3.05, 3.63) is 34.9 Å². The van der Waals surface area contributed by atoms with Crippen LogP contribution in [0.3, 0.4) is 0 Å². The number of nitrogens with zero attached hydrogens (tertiary/aromatic N) is 2. The maximum absolute atomic E-state index is 13.5. The van der Waals surface area contributed by atoms with Crippen molar-refractivity contribution in [1.29, 1.82) is 0 Å². The van der Waals surface area contributed by atoms with E-state index in [9.17, 15) is 4.39 Å². The zero-order valence-electron chi connectivity index (χ0n) is 9.15. The van der Waals surface area contributed by atoms with Gasteiger partial charge in [-0.25, -0.2) is 4.39 Å². The summed E-state index contributed by atoms with van der Waals surface area (Å²) in [4.78, 5) is 4.10. The topological polar surface area (TPSA) is 64.9 Å². The fourth-order valence-electron chi connectivity index (χ4n) is 1.31. The van der Waals surface area contributed by atoms with Crippen molar-refractivity contribution in [3.63, 3.8) is 0 Å². The Labute approximate surface area is 103 Å². The molecule has 0 saturated carbocycles. The number of hydrogen-bond donors (Lipinski definition) is 1. The summed E-state index contributed by atoms with van der Waals surface area (Å²) in [7, 11) is 0. The molecule has 6 heteroatoms. The van der Waals surface area contributed by atoms with Crippen LogP contribution >= 0.6 is 11.6 Å². The van der Waals surface area contributed by atoms with E-state index in [4.69, 9.17) is 21.9 Å². The van der Waals surface area contributed by atoms with E-state index in [2.05, 4.69) is 10.1 Å². The second-order valence-electron chi connectivity index (χ2n) is 3.72. The molecular weight excluding hydrogens is 245 g/mol. The van der Waals surface area contributed by atoms with Crippen LogP contribution in [0.15, 0.2) is 22.7 Å². The van der Waals surface area contributed by atoms with Crippen molar-refractivity contribution in [3.8, 4) is 11.5 Å². The molecule has 0 aliphatic heterocycles. The Morgan fingerprint density at radius 1 is 1.53 bits per heavy atom. The Hall–Kier alpha value is -1.46. The van der Waals surface area contributed by atoms with E-state index < -0.39 is 5.82 Å². The van der Waals surface area contributed by atoms with Crippen LogP contribution in [0, 0.1) is 5.82 Å². The van der Waals surface area contributed by atoms with Crippen LogP contribution in [0.4, 0.5) is 4.39 Å². The minimum atomic E-state index is -0.454. The molecule has 4 nitrogen and oxygen atoms in total. The summed E-state index contributed by atoms with van der Waals surface area (Å²) in [5, 5.41) is 4.17. The molecule has 0 saturated heterocycles. The van der Waals surface area contributed by atoms with Gasteiger partial charge in [-0.15, -0.1) is 0 Å². The van der Waals surface area contributed by atoms with E-state index >= 15 is 0 Å². The molecule has 0 aliphatic carbocycles. The van der Waals surface area contributed by atoms with Crippen molar-refractivity contribution < 1.29 is 8.91 Å². The van der Waals surface area contributed by atoms with Crippen LogP contribution in [0.2, 0.25) is 5.02 Å². The van der Waals surface area contributed by atoms with E-state index in [0.717, 1.165) is 0 Å². The molecule has 90 valence electrons. The Balaban J connectivity index is 2.40. The van der Waals surface area contributed by atoms with Crippen molar-refractivity contribution in [2.24, 2.45) is 5.73 Å². The maximum Gasteiger partial charge on any atom is 0.260 e. The number of benzene rings is 1. The van der Waals surface area contributed by atoms with Gasteiger partial charge in [0.2, 0.25) is 0 Å². The average Bonchev–Trinajstić information content (AvgIpc) is 2.80. The van der Waals surface area contributed by atoms with E-state index in [0.29, 0.717) is 17.4 Å². The molecule has 2 aromatic rings. The third kappa shape index (κ3) is 2.45. The third-order valence-electron chi connectivity index (χ3n) is 2.39. The summed E-state index contributed by atoms with van der Waals surface area (Å²) in [5.74, 6) is 0.0851. The molecule has 0 aliphatic rings. The molecule has 1 unspecified atom stereocenters. The van der Waals surface area contributed by atoms with Gasteiger partial charge in [0.05, 0.1) is 5.56 Å². The Bertz CT molecular complexity index is 529. The highest BCUT2D eigenvalue weighted by Crippen LogP contribution is 2.25. The van der Waals surface area contributed by atoms with Crippen LogP contribution in [0.5, 0.6) is 0 Å². The highest BCUT2D eigenvalue weighted by molar-refractivity contribution is 6.30. The average molecular weight is 256 g/mol. The monoisotopic (exact) mass is 255 g/mol.